The van der Waals surface area contributed by atoms with Crippen molar-refractivity contribution in [1.82, 2.24) is 5.32 Å². The first-order valence-corrected chi connectivity index (χ1v) is 6.56. The van der Waals surface area contributed by atoms with Gasteiger partial charge in [-0.15, -0.1) is 0 Å². The second-order valence-corrected chi connectivity index (χ2v) is 5.18. The SMILES string of the molecule is O=C1N[C@H](c2cc(Br)ccc2F)Nc2ccccc21. The van der Waals surface area contributed by atoms with E-state index in [9.17, 15) is 9.18 Å². The van der Waals surface area contributed by atoms with Gasteiger partial charge in [0.05, 0.1) is 5.56 Å². The van der Waals surface area contributed by atoms with Gasteiger partial charge in [-0.3, -0.25) is 4.79 Å². The maximum absolute atomic E-state index is 13.8. The molecular weight excluding hydrogens is 311 g/mol. The molecule has 0 fully saturated rings. The summed E-state index contributed by atoms with van der Waals surface area (Å²) in [5.41, 5.74) is 1.67. The summed E-state index contributed by atoms with van der Waals surface area (Å²) in [4.78, 5) is 12.0. The Morgan fingerprint density at radius 2 is 1.89 bits per heavy atom. The Balaban J connectivity index is 2.01. The van der Waals surface area contributed by atoms with E-state index < -0.39 is 6.17 Å². The molecule has 0 saturated carbocycles. The number of nitrogens with one attached hydrogen (secondary N) is 2. The Kier molecular flexibility index (Phi) is 2.98. The van der Waals surface area contributed by atoms with Crippen LogP contribution in [0.15, 0.2) is 46.9 Å². The first-order chi connectivity index (χ1) is 9.15. The topological polar surface area (TPSA) is 41.1 Å². The second-order valence-electron chi connectivity index (χ2n) is 4.26. The molecule has 19 heavy (non-hydrogen) atoms. The molecule has 2 aromatic carbocycles. The number of para-hydroxylation sites is 1. The van der Waals surface area contributed by atoms with Gasteiger partial charge < -0.3 is 10.6 Å². The number of hydrogen-bond donors (Lipinski definition) is 2. The van der Waals surface area contributed by atoms with Gasteiger partial charge in [0.25, 0.3) is 5.91 Å². The Hall–Kier alpha value is -1.88. The molecular formula is C14H10BrFN2O. The average Bonchev–Trinajstić information content (AvgIpc) is 2.41. The minimum absolute atomic E-state index is 0.210. The van der Waals surface area contributed by atoms with Crippen LogP contribution in [-0.2, 0) is 0 Å². The lowest BCUT2D eigenvalue weighted by Gasteiger charge is -2.28. The van der Waals surface area contributed by atoms with Crippen molar-refractivity contribution < 1.29 is 9.18 Å². The monoisotopic (exact) mass is 320 g/mol. The van der Waals surface area contributed by atoms with Crippen LogP contribution in [0.5, 0.6) is 0 Å². The summed E-state index contributed by atoms with van der Waals surface area (Å²) in [6.07, 6.45) is -0.570. The zero-order valence-corrected chi connectivity index (χ0v) is 11.4. The molecule has 2 aromatic rings. The molecule has 0 unspecified atom stereocenters. The number of hydrogen-bond acceptors (Lipinski definition) is 2. The van der Waals surface area contributed by atoms with Gasteiger partial charge in [0.1, 0.15) is 12.0 Å². The fourth-order valence-electron chi connectivity index (χ4n) is 2.10. The maximum Gasteiger partial charge on any atom is 0.255 e. The first kappa shape index (κ1) is 12.2. The molecule has 0 radical (unpaired) electrons. The van der Waals surface area contributed by atoms with Gasteiger partial charge >= 0.3 is 0 Å². The third kappa shape index (κ3) is 2.21. The number of carbonyl (C=O) groups is 1. The van der Waals surface area contributed by atoms with Crippen LogP contribution < -0.4 is 10.6 Å². The molecule has 1 aliphatic rings. The van der Waals surface area contributed by atoms with Crippen LogP contribution in [0.4, 0.5) is 10.1 Å². The van der Waals surface area contributed by atoms with Crippen LogP contribution in [0, 0.1) is 5.82 Å². The average molecular weight is 321 g/mol. The van der Waals surface area contributed by atoms with Crippen LogP contribution in [0.3, 0.4) is 0 Å². The lowest BCUT2D eigenvalue weighted by atomic mass is 10.1. The number of halogens is 2. The number of fused-ring (bicyclic) bond motifs is 1. The fraction of sp³-hybridized carbons (Fsp3) is 0.0714. The molecule has 3 rings (SSSR count). The molecule has 0 bridgehead atoms. The van der Waals surface area contributed by atoms with Gasteiger partial charge in [0.2, 0.25) is 0 Å². The normalized spacial score (nSPS) is 17.4. The van der Waals surface area contributed by atoms with Gasteiger partial charge in [-0.25, -0.2) is 4.39 Å². The zero-order valence-electron chi connectivity index (χ0n) is 9.78. The molecule has 0 aliphatic carbocycles. The predicted molar refractivity (Wildman–Crippen MR) is 74.4 cm³/mol. The lowest BCUT2D eigenvalue weighted by Crippen LogP contribution is -2.38. The molecule has 1 atom stereocenters. The van der Waals surface area contributed by atoms with Gasteiger partial charge in [-0.1, -0.05) is 28.1 Å². The molecule has 0 spiro atoms. The van der Waals surface area contributed by atoms with Crippen molar-refractivity contribution in [2.75, 3.05) is 5.32 Å². The van der Waals surface area contributed by atoms with Crippen LogP contribution in [-0.4, -0.2) is 5.91 Å². The molecule has 1 aliphatic heterocycles. The smallest absolute Gasteiger partial charge is 0.255 e. The highest BCUT2D eigenvalue weighted by Crippen LogP contribution is 2.28. The van der Waals surface area contributed by atoms with Gasteiger partial charge in [0.15, 0.2) is 0 Å². The summed E-state index contributed by atoms with van der Waals surface area (Å²) in [5, 5.41) is 5.86. The summed E-state index contributed by atoms with van der Waals surface area (Å²) in [6.45, 7) is 0. The third-order valence-electron chi connectivity index (χ3n) is 3.02. The predicted octanol–water partition coefficient (Wildman–Crippen LogP) is 3.44. The van der Waals surface area contributed by atoms with E-state index in [2.05, 4.69) is 26.6 Å². The highest BCUT2D eigenvalue weighted by atomic mass is 79.9. The van der Waals surface area contributed by atoms with Crippen LogP contribution >= 0.6 is 15.9 Å². The van der Waals surface area contributed by atoms with Crippen molar-refractivity contribution in [2.24, 2.45) is 0 Å². The Bertz CT molecular complexity index is 660. The Labute approximate surface area is 118 Å². The summed E-state index contributed by atoms with van der Waals surface area (Å²) in [6, 6.07) is 11.8. The second kappa shape index (κ2) is 4.66. The van der Waals surface area contributed by atoms with Gasteiger partial charge in [-0.2, -0.15) is 0 Å². The standard InChI is InChI=1S/C14H10BrFN2O/c15-8-5-6-11(16)10(7-8)13-17-12-4-2-1-3-9(12)14(19)18-13/h1-7,13,17H,(H,18,19)/t13-/m1/s1. The first-order valence-electron chi connectivity index (χ1n) is 5.76. The van der Waals surface area contributed by atoms with Gasteiger partial charge in [-0.05, 0) is 30.3 Å². The highest BCUT2D eigenvalue weighted by molar-refractivity contribution is 9.10. The van der Waals surface area contributed by atoms with Crippen molar-refractivity contribution in [2.45, 2.75) is 6.17 Å². The molecule has 0 saturated heterocycles. The van der Waals surface area contributed by atoms with Crippen molar-refractivity contribution in [1.29, 1.82) is 0 Å². The summed E-state index contributed by atoms with van der Waals surface area (Å²) in [5.74, 6) is -0.570. The third-order valence-corrected chi connectivity index (χ3v) is 3.51. The zero-order chi connectivity index (χ0) is 13.4. The van der Waals surface area contributed by atoms with Crippen LogP contribution in [0.1, 0.15) is 22.1 Å². The van der Waals surface area contributed by atoms with Crippen molar-refractivity contribution in [3.63, 3.8) is 0 Å². The quantitative estimate of drug-likeness (QED) is 0.845. The largest absolute Gasteiger partial charge is 0.361 e. The number of rotatable bonds is 1. The Morgan fingerprint density at radius 1 is 1.11 bits per heavy atom. The molecule has 96 valence electrons. The summed E-state index contributed by atoms with van der Waals surface area (Å²) in [7, 11) is 0. The minimum Gasteiger partial charge on any atom is -0.361 e. The lowest BCUT2D eigenvalue weighted by molar-refractivity contribution is 0.0935. The molecule has 3 nitrogen and oxygen atoms in total. The van der Waals surface area contributed by atoms with Crippen molar-refractivity contribution in [3.05, 3.63) is 63.9 Å². The maximum atomic E-state index is 13.8. The van der Waals surface area contributed by atoms with Crippen molar-refractivity contribution >= 4 is 27.5 Å². The van der Waals surface area contributed by atoms with E-state index in [-0.39, 0.29) is 11.7 Å². The van der Waals surface area contributed by atoms with E-state index in [0.29, 0.717) is 16.8 Å². The number of carbonyl (C=O) groups excluding carboxylic acids is 1. The van der Waals surface area contributed by atoms with Gasteiger partial charge in [0, 0.05) is 15.7 Å². The molecule has 5 heteroatoms. The minimum atomic E-state index is -0.570. The van der Waals surface area contributed by atoms with E-state index in [1.807, 2.05) is 6.07 Å². The number of anilines is 1. The van der Waals surface area contributed by atoms with E-state index in [1.165, 1.54) is 6.07 Å². The fourth-order valence-corrected chi connectivity index (χ4v) is 2.48. The number of benzene rings is 2. The van der Waals surface area contributed by atoms with E-state index in [4.69, 9.17) is 0 Å². The van der Waals surface area contributed by atoms with Crippen molar-refractivity contribution in [3.8, 4) is 0 Å². The molecule has 0 aromatic heterocycles. The highest BCUT2D eigenvalue weighted by Gasteiger charge is 2.26. The van der Waals surface area contributed by atoms with E-state index in [0.717, 1.165) is 4.47 Å². The summed E-state index contributed by atoms with van der Waals surface area (Å²) < 4.78 is 14.6. The van der Waals surface area contributed by atoms with Crippen LogP contribution in [0.2, 0.25) is 0 Å². The van der Waals surface area contributed by atoms with Crippen LogP contribution in [0.25, 0.3) is 0 Å². The Morgan fingerprint density at radius 3 is 2.74 bits per heavy atom. The summed E-state index contributed by atoms with van der Waals surface area (Å²) >= 11 is 3.30. The van der Waals surface area contributed by atoms with E-state index in [1.54, 1.807) is 30.3 Å². The van der Waals surface area contributed by atoms with E-state index >= 15 is 0 Å². The molecule has 1 amide bonds. The number of amides is 1. The molecule has 1 heterocycles. The molecule has 2 N–H and O–H groups in total.